The van der Waals surface area contributed by atoms with Crippen molar-refractivity contribution in [3.8, 4) is 0 Å². The van der Waals surface area contributed by atoms with Gasteiger partial charge in [-0.15, -0.1) is 0 Å². The molecule has 86 valence electrons. The Morgan fingerprint density at radius 1 is 1.07 bits per heavy atom. The first-order valence-corrected chi connectivity index (χ1v) is 7.03. The monoisotopic (exact) mass is 232 g/mol. The van der Waals surface area contributed by atoms with Crippen LogP contribution in [0.25, 0.3) is 0 Å². The van der Waals surface area contributed by atoms with E-state index in [0.29, 0.717) is 0 Å². The summed E-state index contributed by atoms with van der Waals surface area (Å²) in [6.45, 7) is 5.75. The molecule has 0 atom stereocenters. The maximum Gasteiger partial charge on any atom is 0.452 e. The van der Waals surface area contributed by atoms with E-state index < -0.39 is 21.2 Å². The summed E-state index contributed by atoms with van der Waals surface area (Å²) in [4.78, 5) is 21.7. The van der Waals surface area contributed by atoms with E-state index in [1.807, 2.05) is 13.8 Å². The molecule has 0 spiro atoms. The molecule has 0 radical (unpaired) electrons. The second kappa shape index (κ2) is 8.10. The highest BCUT2D eigenvalue weighted by atomic mass is 28.3. The van der Waals surface area contributed by atoms with Crippen molar-refractivity contribution < 1.29 is 18.8 Å². The number of nitrogens with zero attached hydrogens (tertiary/aromatic N) is 2. The summed E-state index contributed by atoms with van der Waals surface area (Å²) in [6, 6.07) is 1.69. The van der Waals surface area contributed by atoms with Crippen LogP contribution in [0.5, 0.6) is 0 Å². The third-order valence-electron chi connectivity index (χ3n) is 1.66. The van der Waals surface area contributed by atoms with Gasteiger partial charge in [0.2, 0.25) is 9.04 Å². The summed E-state index contributed by atoms with van der Waals surface area (Å²) >= 11 is 0. The van der Waals surface area contributed by atoms with Gasteiger partial charge in [-0.2, -0.15) is 0 Å². The molecule has 0 N–H and O–H groups in total. The first kappa shape index (κ1) is 13.8. The molecule has 2 amide bonds. The van der Waals surface area contributed by atoms with Crippen LogP contribution in [-0.4, -0.2) is 27.8 Å². The highest BCUT2D eigenvalue weighted by molar-refractivity contribution is 6.53. The fraction of sp³-hybridized carbons (Fsp3) is 0.750. The lowest BCUT2D eigenvalue weighted by Gasteiger charge is -2.08. The predicted octanol–water partition coefficient (Wildman–Crippen LogP) is 2.50. The van der Waals surface area contributed by atoms with Crippen LogP contribution in [0.4, 0.5) is 9.59 Å². The van der Waals surface area contributed by atoms with E-state index in [1.54, 1.807) is 6.92 Å². The van der Waals surface area contributed by atoms with Gasteiger partial charge in [0.1, 0.15) is 0 Å². The zero-order valence-electron chi connectivity index (χ0n) is 9.23. The van der Waals surface area contributed by atoms with Crippen LogP contribution in [0.2, 0.25) is 12.1 Å². The van der Waals surface area contributed by atoms with Crippen LogP contribution >= 0.6 is 0 Å². The Kier molecular flexibility index (Phi) is 7.43. The highest BCUT2D eigenvalue weighted by Gasteiger charge is 2.12. The Bertz CT molecular complexity index is 241. The van der Waals surface area contributed by atoms with Crippen LogP contribution in [0.1, 0.15) is 20.8 Å². The molecular weight excluding hydrogens is 216 g/mol. The van der Waals surface area contributed by atoms with Gasteiger partial charge in [-0.1, -0.05) is 24.1 Å². The van der Waals surface area contributed by atoms with Gasteiger partial charge < -0.3 is 9.16 Å². The normalized spacial score (nSPS) is 10.7. The minimum Gasteiger partial charge on any atom is -0.504 e. The Hall–Kier alpha value is -1.24. The third kappa shape index (κ3) is 6.78. The molecule has 0 rings (SSSR count). The average molecular weight is 232 g/mol. The number of carbonyl (C=O) groups excluding carboxylic acids is 2. The lowest BCUT2D eigenvalue weighted by Crippen LogP contribution is -2.18. The van der Waals surface area contributed by atoms with Gasteiger partial charge in [-0.05, 0) is 19.0 Å². The summed E-state index contributed by atoms with van der Waals surface area (Å²) < 4.78 is 9.46. The molecule has 7 heteroatoms. The molecule has 0 aliphatic heterocycles. The molecule has 0 heterocycles. The molecule has 0 fully saturated rings. The molecule has 0 aromatic rings. The average Bonchev–Trinajstić information content (AvgIpc) is 2.23. The summed E-state index contributed by atoms with van der Waals surface area (Å²) in [5, 5.41) is 6.15. The number of ether oxygens (including phenoxy) is 1. The predicted molar refractivity (Wildman–Crippen MR) is 56.5 cm³/mol. The maximum absolute atomic E-state index is 11.0. The molecule has 15 heavy (non-hydrogen) atoms. The topological polar surface area (TPSA) is 77.3 Å². The van der Waals surface area contributed by atoms with Crippen molar-refractivity contribution in [2.24, 2.45) is 10.2 Å². The Balaban J connectivity index is 3.96. The second-order valence-corrected chi connectivity index (χ2v) is 5.83. The van der Waals surface area contributed by atoms with E-state index in [4.69, 9.17) is 4.43 Å². The van der Waals surface area contributed by atoms with Crippen molar-refractivity contribution in [3.05, 3.63) is 0 Å². The van der Waals surface area contributed by atoms with E-state index in [0.717, 1.165) is 12.1 Å². The number of hydrogen-bond acceptors (Lipinski definition) is 4. The smallest absolute Gasteiger partial charge is 0.452 e. The van der Waals surface area contributed by atoms with Crippen molar-refractivity contribution >= 4 is 21.2 Å². The minimum absolute atomic E-state index is 0.203. The molecule has 0 saturated carbocycles. The lowest BCUT2D eigenvalue weighted by molar-refractivity contribution is 0.160. The zero-order chi connectivity index (χ0) is 11.7. The third-order valence-corrected chi connectivity index (χ3v) is 4.02. The number of azo groups is 1. The van der Waals surface area contributed by atoms with Gasteiger partial charge in [-0.3, -0.25) is 0 Å². The summed E-state index contributed by atoms with van der Waals surface area (Å²) in [5.41, 5.74) is 0. The van der Waals surface area contributed by atoms with E-state index in [9.17, 15) is 9.59 Å². The molecular formula is C8H16N2O4Si. The number of carbonyl (C=O) groups is 2. The van der Waals surface area contributed by atoms with Crippen LogP contribution in [-0.2, 0) is 9.16 Å². The van der Waals surface area contributed by atoms with E-state index >= 15 is 0 Å². The fourth-order valence-corrected chi connectivity index (χ4v) is 2.10. The number of hydrogen-bond donors (Lipinski definition) is 0. The van der Waals surface area contributed by atoms with Crippen molar-refractivity contribution in [2.75, 3.05) is 6.61 Å². The van der Waals surface area contributed by atoms with Crippen molar-refractivity contribution in [3.63, 3.8) is 0 Å². The zero-order valence-corrected chi connectivity index (χ0v) is 10.4. The van der Waals surface area contributed by atoms with Gasteiger partial charge in [0.15, 0.2) is 0 Å². The Morgan fingerprint density at radius 3 is 2.07 bits per heavy atom. The van der Waals surface area contributed by atoms with Crippen molar-refractivity contribution in [1.29, 1.82) is 0 Å². The molecule has 0 aromatic carbocycles. The van der Waals surface area contributed by atoms with Crippen LogP contribution in [0.15, 0.2) is 10.2 Å². The Morgan fingerprint density at radius 2 is 1.60 bits per heavy atom. The van der Waals surface area contributed by atoms with Gasteiger partial charge in [0, 0.05) is 0 Å². The standard InChI is InChI=1S/C8H16N2O4Si/c1-4-13-7(11)9-10-8(12)14-15(5-2)6-3/h15H,4-6H2,1-3H3. The van der Waals surface area contributed by atoms with E-state index in [-0.39, 0.29) is 6.61 Å². The summed E-state index contributed by atoms with van der Waals surface area (Å²) in [6.07, 6.45) is -1.68. The molecule has 0 aliphatic carbocycles. The molecule has 0 saturated heterocycles. The lowest BCUT2D eigenvalue weighted by atomic mass is 10.9. The maximum atomic E-state index is 11.0. The van der Waals surface area contributed by atoms with Crippen LogP contribution in [0, 0.1) is 0 Å². The largest absolute Gasteiger partial charge is 0.504 e. The van der Waals surface area contributed by atoms with Gasteiger partial charge >= 0.3 is 12.2 Å². The number of rotatable bonds is 4. The first-order chi connectivity index (χ1) is 7.13. The number of amides is 2. The molecule has 6 nitrogen and oxygen atoms in total. The van der Waals surface area contributed by atoms with Gasteiger partial charge in [0.25, 0.3) is 0 Å². The van der Waals surface area contributed by atoms with Crippen molar-refractivity contribution in [2.45, 2.75) is 32.9 Å². The summed E-state index contributed by atoms with van der Waals surface area (Å²) in [5.74, 6) is 0. The highest BCUT2D eigenvalue weighted by Crippen LogP contribution is 2.02. The van der Waals surface area contributed by atoms with Gasteiger partial charge in [-0.25, -0.2) is 9.59 Å². The van der Waals surface area contributed by atoms with E-state index in [1.165, 1.54) is 0 Å². The van der Waals surface area contributed by atoms with Gasteiger partial charge in [0.05, 0.1) is 6.61 Å². The quantitative estimate of drug-likeness (QED) is 0.551. The minimum atomic E-state index is -1.48. The molecule has 0 bridgehead atoms. The molecule has 0 aliphatic rings. The van der Waals surface area contributed by atoms with Crippen molar-refractivity contribution in [1.82, 2.24) is 0 Å². The SMILES string of the molecule is CCOC(=O)N=NC(=O)O[SiH](CC)CC. The van der Waals surface area contributed by atoms with Crippen LogP contribution in [0.3, 0.4) is 0 Å². The summed E-state index contributed by atoms with van der Waals surface area (Å²) in [7, 11) is -1.48. The molecule has 0 aromatic heterocycles. The molecule has 0 unspecified atom stereocenters. The second-order valence-electron chi connectivity index (χ2n) is 2.72. The first-order valence-electron chi connectivity index (χ1n) is 4.93. The fourth-order valence-electron chi connectivity index (χ4n) is 0.855. The van der Waals surface area contributed by atoms with E-state index in [2.05, 4.69) is 15.0 Å². The Labute approximate surface area is 90.4 Å². The van der Waals surface area contributed by atoms with Crippen LogP contribution < -0.4 is 0 Å².